The maximum Gasteiger partial charge on any atom is 0.339 e. The molecule has 15 aromatic rings. The van der Waals surface area contributed by atoms with Gasteiger partial charge in [0, 0.05) is 177 Å². The molecule has 1 saturated carbocycles. The number of piperidine rings is 3. The van der Waals surface area contributed by atoms with Gasteiger partial charge >= 0.3 is 17.9 Å². The number of esters is 2. The molecule has 788 valence electrons. The molecule has 150 heavy (non-hydrogen) atoms. The molecule has 0 unspecified atom stereocenters. The highest BCUT2D eigenvalue weighted by atomic mass is 35.5. The monoisotopic (exact) mass is 2140 g/mol. The van der Waals surface area contributed by atoms with E-state index >= 15 is 0 Å². The van der Waals surface area contributed by atoms with Gasteiger partial charge in [0.15, 0.2) is 18.3 Å². The number of rotatable bonds is 25. The topological polar surface area (TPSA) is 260 Å². The van der Waals surface area contributed by atoms with E-state index in [1.165, 1.54) is 30.3 Å². The van der Waals surface area contributed by atoms with Crippen molar-refractivity contribution in [3.8, 4) is 65.1 Å². The zero-order valence-electron chi connectivity index (χ0n) is 89.5. The third kappa shape index (κ3) is 22.6. The van der Waals surface area contributed by atoms with Crippen molar-refractivity contribution in [2.75, 3.05) is 78.7 Å². The van der Waals surface area contributed by atoms with E-state index in [1.54, 1.807) is 34.0 Å². The molecule has 9 aromatic carbocycles. The summed E-state index contributed by atoms with van der Waals surface area (Å²) in [7, 11) is 6.08. The van der Waals surface area contributed by atoms with E-state index in [0.717, 1.165) is 272 Å². The Kier molecular flexibility index (Phi) is 31.7. The molecule has 21 rings (SSSR count). The summed E-state index contributed by atoms with van der Waals surface area (Å²) in [5.74, 6) is -0.179. The molecule has 2 amide bonds. The predicted molar refractivity (Wildman–Crippen MR) is 605 cm³/mol. The van der Waals surface area contributed by atoms with Gasteiger partial charge in [0.2, 0.25) is 11.8 Å². The molecule has 6 fully saturated rings. The molecule has 11 heterocycles. The Morgan fingerprint density at radius 2 is 0.653 bits per heavy atom. The molecular weight excluding hydrogens is 2000 g/mol. The maximum absolute atomic E-state index is 13.6. The fraction of sp³-hybridized carbons (Fsp3) is 0.454. The number of thiazole rings is 3. The van der Waals surface area contributed by atoms with Gasteiger partial charge in [0.25, 0.3) is 0 Å². The van der Waals surface area contributed by atoms with Crippen LogP contribution in [0.2, 0.25) is 15.1 Å². The summed E-state index contributed by atoms with van der Waals surface area (Å²) in [6.45, 7) is 41.1. The summed E-state index contributed by atoms with van der Waals surface area (Å²) in [4.78, 5) is 91.3. The average molecular weight is 2140 g/mol. The first-order valence-corrected chi connectivity index (χ1v) is 56.6. The molecule has 6 aromatic heterocycles. The molecule has 0 spiro atoms. The van der Waals surface area contributed by atoms with Gasteiger partial charge in [0.1, 0.15) is 15.0 Å². The molecule has 1 N–H and O–H groups in total. The van der Waals surface area contributed by atoms with Gasteiger partial charge < -0.3 is 43.5 Å². The molecule has 1 aliphatic carbocycles. The normalized spacial score (nSPS) is 17.0. The molecule has 0 bridgehead atoms. The molecule has 6 aliphatic rings. The maximum atomic E-state index is 13.6. The minimum absolute atomic E-state index is 0.246. The first-order valence-electron chi connectivity index (χ1n) is 53.0. The highest BCUT2D eigenvalue weighted by Crippen LogP contribution is 2.52. The van der Waals surface area contributed by atoms with Gasteiger partial charge in [-0.2, -0.15) is 15.3 Å². The third-order valence-corrected chi connectivity index (χ3v) is 34.6. The van der Waals surface area contributed by atoms with E-state index in [0.29, 0.717) is 63.3 Å². The Labute approximate surface area is 905 Å². The van der Waals surface area contributed by atoms with Crippen LogP contribution in [-0.4, -0.2) is 217 Å². The van der Waals surface area contributed by atoms with Crippen molar-refractivity contribution < 1.29 is 52.8 Å². The standard InChI is InChI=1S/C41H48ClN5O4S.C39H44ClN5O4S.C39H45ClN4O3S/c1-8-33(48)47-22-29(23-47)46-18-16-26(17-19-46)36-30-21-27(12-15-32(30)45(7)44-36)39-43-31-20-24(3)34(37(40(49)50-9-2)51-41(4,5)6)35(38(31)52-39)25-10-13-28(42)14-11-25;1-7-31(46)45-20-27(21-45)44-16-14-24(15-17-44)34-28-19-25(10-13-30(28)43(6)42-34)37-41-29-18-22(2)32(35(38(47)48)49-39(3,4)5)33(36(29)50-37)23-8-11-26(40)12-9-23;1-7-46-38(45)35(47-39(3,4)5)32-23(2)21-30-36(33(32)24-11-14-27(40)15-12-24)48-37(41-30)26-13-16-31-29(22-26)34(42-43(31)6)25-17-19-44(20-18-25)28-9-8-10-28/h10-15,20-21,26,29,37H,8-9,16-19,22-23H2,1-7H3;8-13,18-19,24,27,35H,7,14-17,20-21H2,1-6H3,(H,47,48);11-16,21-22,25,28,35H,7-10,17-20H2,1-6H3/t37-;2*35-/m000/s1. The van der Waals surface area contributed by atoms with Crippen LogP contribution in [0.15, 0.2) is 146 Å². The number of aryl methyl sites for hydroxylation is 6. The van der Waals surface area contributed by atoms with Gasteiger partial charge in [-0.15, -0.1) is 34.0 Å². The van der Waals surface area contributed by atoms with Gasteiger partial charge in [-0.25, -0.2) is 29.3 Å². The van der Waals surface area contributed by atoms with Crippen molar-refractivity contribution in [3.05, 3.63) is 211 Å². The Morgan fingerprint density at radius 1 is 0.380 bits per heavy atom. The third-order valence-electron chi connectivity index (χ3n) is 30.4. The number of carbonyl (C=O) groups excluding carboxylic acids is 4. The molecule has 3 atom stereocenters. The van der Waals surface area contributed by atoms with Crippen LogP contribution in [0, 0.1) is 20.8 Å². The first-order chi connectivity index (χ1) is 71.7. The SMILES string of the molecule is CCC(=O)N1CC(N2CCC(c3nn(C)c4ccc(-c5nc6cc(C)c([C@H](OC(C)(C)C)C(=O)O)c(-c7ccc(Cl)cc7)c6s5)cc34)CC2)C1.CCOC(=O)[C@@H](OC(C)(C)C)c1c(C)cc2nc(-c3ccc4c(c3)c(C3CCN(C5CCC5)CC3)nn4C)sc2c1-c1ccc(Cl)cc1.CCOC(=O)[C@@H](OC(C)(C)C)c1c(C)cc2nc(-c3ccc4c(c3)c(C3CCN(C5CN(C(=O)CC)C5)CC3)nn4C)sc2c1-c1ccc(Cl)cc1. The Hall–Kier alpha value is -11.0. The van der Waals surface area contributed by atoms with Crippen molar-refractivity contribution in [2.24, 2.45) is 21.1 Å². The quantitative estimate of drug-likeness (QED) is 0.0521. The number of carbonyl (C=O) groups is 5. The van der Waals surface area contributed by atoms with Crippen molar-refractivity contribution in [3.63, 3.8) is 0 Å². The van der Waals surface area contributed by atoms with E-state index < -0.39 is 53.0 Å². The summed E-state index contributed by atoms with van der Waals surface area (Å²) in [6.07, 6.45) is 8.69. The van der Waals surface area contributed by atoms with Crippen LogP contribution in [-0.2, 0) is 68.8 Å². The number of aromatic nitrogens is 9. The minimum atomic E-state index is -1.17. The zero-order valence-corrected chi connectivity index (χ0v) is 94.2. The van der Waals surface area contributed by atoms with Crippen LogP contribution in [0.1, 0.15) is 247 Å². The van der Waals surface area contributed by atoms with Crippen LogP contribution in [0.3, 0.4) is 0 Å². The summed E-state index contributed by atoms with van der Waals surface area (Å²) in [5, 5.41) is 33.7. The fourth-order valence-electron chi connectivity index (χ4n) is 22.7. The number of aliphatic carboxylic acids is 1. The van der Waals surface area contributed by atoms with Crippen LogP contribution in [0.4, 0.5) is 0 Å². The lowest BCUT2D eigenvalue weighted by Gasteiger charge is -2.47. The number of nitrogens with zero attached hydrogens (tertiary/aromatic N) is 14. The van der Waals surface area contributed by atoms with Crippen LogP contribution < -0.4 is 0 Å². The van der Waals surface area contributed by atoms with Crippen LogP contribution in [0.5, 0.6) is 0 Å². The molecule has 25 nitrogen and oxygen atoms in total. The number of carboxylic acids is 1. The lowest BCUT2D eigenvalue weighted by Crippen LogP contribution is -2.62. The van der Waals surface area contributed by atoms with Crippen molar-refractivity contribution in [1.29, 1.82) is 0 Å². The van der Waals surface area contributed by atoms with Crippen LogP contribution in [0.25, 0.3) is 128 Å². The number of fused-ring (bicyclic) bond motifs is 6. The van der Waals surface area contributed by atoms with E-state index in [9.17, 15) is 29.1 Å². The second-order valence-electron chi connectivity index (χ2n) is 44.1. The number of carboxylic acid groups (broad SMARTS) is 1. The van der Waals surface area contributed by atoms with Crippen molar-refractivity contribution in [1.82, 2.24) is 68.8 Å². The van der Waals surface area contributed by atoms with Gasteiger partial charge in [0.05, 0.1) is 94.3 Å². The highest BCUT2D eigenvalue weighted by Gasteiger charge is 2.43. The van der Waals surface area contributed by atoms with Gasteiger partial charge in [-0.3, -0.25) is 33.4 Å². The number of hydrogen-bond acceptors (Lipinski definition) is 22. The summed E-state index contributed by atoms with van der Waals surface area (Å²) >= 11 is 23.8. The fourth-order valence-corrected chi connectivity index (χ4v) is 26.4. The van der Waals surface area contributed by atoms with E-state index in [-0.39, 0.29) is 25.0 Å². The number of ether oxygens (including phenoxy) is 5. The number of hydrogen-bond donors (Lipinski definition) is 1. The molecule has 5 saturated heterocycles. The largest absolute Gasteiger partial charge is 0.479 e. The molecule has 31 heteroatoms. The van der Waals surface area contributed by atoms with E-state index in [4.69, 9.17) is 88.7 Å². The second kappa shape index (κ2) is 44.3. The number of amides is 2. The minimum Gasteiger partial charge on any atom is -0.479 e. The second-order valence-corrected chi connectivity index (χ2v) is 48.4. The Balaban J connectivity index is 0.000000141. The molecular formula is C119H137Cl3N14O11S3. The van der Waals surface area contributed by atoms with E-state index in [1.807, 2.05) is 228 Å². The number of benzene rings is 9. The summed E-state index contributed by atoms with van der Waals surface area (Å²) < 4.78 is 39.2. The van der Waals surface area contributed by atoms with E-state index in [2.05, 4.69) is 88.5 Å². The number of halogens is 3. The lowest BCUT2D eigenvalue weighted by atomic mass is 9.86. The summed E-state index contributed by atoms with van der Waals surface area (Å²) in [6, 6.07) is 50.5. The number of likely N-dealkylation sites (tertiary alicyclic amines) is 5. The highest BCUT2D eigenvalue weighted by molar-refractivity contribution is 7.23. The molecule has 0 radical (unpaired) electrons. The Morgan fingerprint density at radius 3 is 0.913 bits per heavy atom. The average Bonchev–Trinajstić information content (AvgIpc) is 1.56. The molecule has 5 aliphatic heterocycles. The van der Waals surface area contributed by atoms with Gasteiger partial charge in [-0.1, -0.05) is 91.5 Å². The lowest BCUT2D eigenvalue weighted by molar-refractivity contribution is -0.167. The first kappa shape index (κ1) is 107. The van der Waals surface area contributed by atoms with Crippen molar-refractivity contribution in [2.45, 2.75) is 252 Å². The van der Waals surface area contributed by atoms with Gasteiger partial charge in [-0.05, 0) is 330 Å². The Bertz CT molecular complexity index is 7580. The predicted octanol–water partition coefficient (Wildman–Crippen LogP) is 26.5. The summed E-state index contributed by atoms with van der Waals surface area (Å²) in [5.41, 5.74) is 20.8. The smallest absolute Gasteiger partial charge is 0.339 e. The van der Waals surface area contributed by atoms with Crippen molar-refractivity contribution >= 4 is 162 Å². The van der Waals surface area contributed by atoms with Crippen LogP contribution >= 0.6 is 68.8 Å². The zero-order chi connectivity index (χ0) is 106.